The summed E-state index contributed by atoms with van der Waals surface area (Å²) in [4.78, 5) is 8.19. The maximum Gasteiger partial charge on any atom is 0.387 e. The summed E-state index contributed by atoms with van der Waals surface area (Å²) in [5.74, 6) is 0.886. The average Bonchev–Trinajstić information content (AvgIpc) is 2.43. The number of nitrogens with one attached hydrogen (secondary N) is 2. The number of anilines is 3. The van der Waals surface area contributed by atoms with E-state index in [0.29, 0.717) is 21.9 Å². The van der Waals surface area contributed by atoms with Crippen LogP contribution in [0.2, 0.25) is 0 Å². The van der Waals surface area contributed by atoms with Crippen molar-refractivity contribution in [2.24, 2.45) is 0 Å². The van der Waals surface area contributed by atoms with Gasteiger partial charge in [0.2, 0.25) is 5.95 Å². The van der Waals surface area contributed by atoms with E-state index in [0.717, 1.165) is 0 Å². The molecule has 2 aromatic rings. The number of alkyl halides is 2. The molecule has 5 nitrogen and oxygen atoms in total. The zero-order chi connectivity index (χ0) is 14.5. The van der Waals surface area contributed by atoms with Crippen molar-refractivity contribution in [3.8, 4) is 5.75 Å². The van der Waals surface area contributed by atoms with Crippen molar-refractivity contribution < 1.29 is 13.5 Å². The Hall–Kier alpha value is -1.96. The third-order valence-corrected chi connectivity index (χ3v) is 2.90. The third-order valence-electron chi connectivity index (χ3n) is 2.32. The fraction of sp³-hybridized carbons (Fsp3) is 0.167. The highest BCUT2D eigenvalue weighted by atomic mass is 79.9. The van der Waals surface area contributed by atoms with Crippen LogP contribution in [-0.4, -0.2) is 23.6 Å². The molecule has 0 saturated heterocycles. The Balaban J connectivity index is 2.30. The molecule has 0 fully saturated rings. The van der Waals surface area contributed by atoms with Crippen molar-refractivity contribution in [1.82, 2.24) is 9.97 Å². The lowest BCUT2D eigenvalue weighted by atomic mass is 10.3. The Morgan fingerprint density at radius 1 is 1.30 bits per heavy atom. The van der Waals surface area contributed by atoms with E-state index in [4.69, 9.17) is 0 Å². The molecule has 8 heteroatoms. The molecule has 0 spiro atoms. The fourth-order valence-electron chi connectivity index (χ4n) is 1.47. The second-order valence-corrected chi connectivity index (χ2v) is 4.49. The summed E-state index contributed by atoms with van der Waals surface area (Å²) in [5.41, 5.74) is 0.384. The van der Waals surface area contributed by atoms with Crippen LogP contribution in [-0.2, 0) is 0 Å². The average molecular weight is 345 g/mol. The van der Waals surface area contributed by atoms with Crippen molar-refractivity contribution in [3.63, 3.8) is 0 Å². The number of benzene rings is 1. The molecule has 0 unspecified atom stereocenters. The van der Waals surface area contributed by atoms with Gasteiger partial charge in [-0.25, -0.2) is 4.98 Å². The Labute approximate surface area is 122 Å². The molecule has 0 saturated carbocycles. The van der Waals surface area contributed by atoms with Gasteiger partial charge < -0.3 is 15.4 Å². The molecule has 2 N–H and O–H groups in total. The molecular weight excluding hydrogens is 334 g/mol. The van der Waals surface area contributed by atoms with Crippen LogP contribution in [0, 0.1) is 0 Å². The summed E-state index contributed by atoms with van der Waals surface area (Å²) in [6.45, 7) is -2.89. The largest absolute Gasteiger partial charge is 0.433 e. The Bertz CT molecular complexity index is 597. The van der Waals surface area contributed by atoms with Crippen LogP contribution >= 0.6 is 15.9 Å². The summed E-state index contributed by atoms with van der Waals surface area (Å²) in [6, 6.07) is 6.37. The molecule has 20 heavy (non-hydrogen) atoms. The highest BCUT2D eigenvalue weighted by molar-refractivity contribution is 9.10. The Kier molecular flexibility index (Phi) is 4.67. The minimum absolute atomic E-state index is 0.0408. The number of hydrogen-bond acceptors (Lipinski definition) is 5. The Morgan fingerprint density at radius 2 is 2.05 bits per heavy atom. The van der Waals surface area contributed by atoms with Gasteiger partial charge in [-0.2, -0.15) is 13.8 Å². The second kappa shape index (κ2) is 6.47. The SMILES string of the molecule is CNc1ncc(Br)c(Nc2ccccc2OC(F)F)n1. The minimum Gasteiger partial charge on any atom is -0.433 e. The molecule has 106 valence electrons. The summed E-state index contributed by atoms with van der Waals surface area (Å²) >= 11 is 3.29. The van der Waals surface area contributed by atoms with E-state index >= 15 is 0 Å². The van der Waals surface area contributed by atoms with Gasteiger partial charge in [-0.15, -0.1) is 0 Å². The number of para-hydroxylation sites is 2. The number of hydrogen-bond donors (Lipinski definition) is 2. The van der Waals surface area contributed by atoms with Crippen LogP contribution in [0.3, 0.4) is 0 Å². The standard InChI is InChI=1S/C12H11BrF2N4O/c1-16-12-17-6-7(13)10(19-12)18-8-4-2-3-5-9(8)20-11(14)15/h2-6,11H,1H3,(H2,16,17,18,19). The maximum absolute atomic E-state index is 12.3. The van der Waals surface area contributed by atoms with Crippen LogP contribution < -0.4 is 15.4 Å². The van der Waals surface area contributed by atoms with E-state index in [9.17, 15) is 8.78 Å². The van der Waals surface area contributed by atoms with E-state index < -0.39 is 6.61 Å². The van der Waals surface area contributed by atoms with Crippen molar-refractivity contribution in [2.75, 3.05) is 17.7 Å². The van der Waals surface area contributed by atoms with Crippen molar-refractivity contribution in [1.29, 1.82) is 0 Å². The molecule has 0 amide bonds. The molecule has 0 aliphatic rings. The van der Waals surface area contributed by atoms with Gasteiger partial charge in [0.25, 0.3) is 0 Å². The first kappa shape index (κ1) is 14.4. The van der Waals surface area contributed by atoms with Gasteiger partial charge in [0, 0.05) is 13.2 Å². The van der Waals surface area contributed by atoms with Crippen molar-refractivity contribution >= 4 is 33.4 Å². The van der Waals surface area contributed by atoms with Gasteiger partial charge in [-0.05, 0) is 28.1 Å². The first-order valence-electron chi connectivity index (χ1n) is 5.61. The summed E-state index contributed by atoms with van der Waals surface area (Å²) in [5, 5.41) is 5.72. The Morgan fingerprint density at radius 3 is 2.75 bits per heavy atom. The van der Waals surface area contributed by atoms with Crippen LogP contribution in [0.25, 0.3) is 0 Å². The van der Waals surface area contributed by atoms with E-state index in [1.807, 2.05) is 0 Å². The van der Waals surface area contributed by atoms with Crippen LogP contribution in [0.4, 0.5) is 26.2 Å². The number of halogens is 3. The monoisotopic (exact) mass is 344 g/mol. The van der Waals surface area contributed by atoms with Gasteiger partial charge in [-0.1, -0.05) is 12.1 Å². The lowest BCUT2D eigenvalue weighted by Crippen LogP contribution is -2.06. The summed E-state index contributed by atoms with van der Waals surface area (Å²) < 4.78 is 29.7. The predicted octanol–water partition coefficient (Wildman–Crippen LogP) is 3.63. The van der Waals surface area contributed by atoms with E-state index in [-0.39, 0.29) is 5.75 Å². The first-order valence-corrected chi connectivity index (χ1v) is 6.40. The number of nitrogens with zero attached hydrogens (tertiary/aromatic N) is 2. The molecule has 1 aromatic heterocycles. The first-order chi connectivity index (χ1) is 9.60. The van der Waals surface area contributed by atoms with E-state index in [1.54, 1.807) is 31.4 Å². The number of rotatable bonds is 5. The summed E-state index contributed by atoms with van der Waals surface area (Å²) in [6.07, 6.45) is 1.55. The van der Waals surface area contributed by atoms with Gasteiger partial charge >= 0.3 is 6.61 Å². The van der Waals surface area contributed by atoms with E-state index in [2.05, 4.69) is 41.3 Å². The zero-order valence-corrected chi connectivity index (χ0v) is 12.0. The normalized spacial score (nSPS) is 10.4. The van der Waals surface area contributed by atoms with Gasteiger partial charge in [0.05, 0.1) is 10.2 Å². The number of aromatic nitrogens is 2. The molecule has 0 atom stereocenters. The third kappa shape index (κ3) is 3.53. The lowest BCUT2D eigenvalue weighted by molar-refractivity contribution is -0.0493. The van der Waals surface area contributed by atoms with Gasteiger partial charge in [-0.3, -0.25) is 0 Å². The molecule has 0 radical (unpaired) electrons. The molecule has 0 aliphatic heterocycles. The minimum atomic E-state index is -2.89. The highest BCUT2D eigenvalue weighted by Gasteiger charge is 2.11. The van der Waals surface area contributed by atoms with E-state index in [1.165, 1.54) is 6.07 Å². The molecule has 0 bridgehead atoms. The molecule has 1 aromatic carbocycles. The van der Waals surface area contributed by atoms with Crippen molar-refractivity contribution in [2.45, 2.75) is 6.61 Å². The van der Waals surface area contributed by atoms with Crippen LogP contribution in [0.15, 0.2) is 34.9 Å². The lowest BCUT2D eigenvalue weighted by Gasteiger charge is -2.13. The molecule has 1 heterocycles. The van der Waals surface area contributed by atoms with Crippen molar-refractivity contribution in [3.05, 3.63) is 34.9 Å². The van der Waals surface area contributed by atoms with Crippen LogP contribution in [0.5, 0.6) is 5.75 Å². The summed E-state index contributed by atoms with van der Waals surface area (Å²) in [7, 11) is 1.68. The quantitative estimate of drug-likeness (QED) is 0.867. The maximum atomic E-state index is 12.3. The van der Waals surface area contributed by atoms with Gasteiger partial charge in [0.15, 0.2) is 0 Å². The topological polar surface area (TPSA) is 59.1 Å². The second-order valence-electron chi connectivity index (χ2n) is 3.64. The molecule has 2 rings (SSSR count). The smallest absolute Gasteiger partial charge is 0.387 e. The van der Waals surface area contributed by atoms with Crippen LogP contribution in [0.1, 0.15) is 0 Å². The number of ether oxygens (including phenoxy) is 1. The van der Waals surface area contributed by atoms with Gasteiger partial charge in [0.1, 0.15) is 11.6 Å². The molecular formula is C12H11BrF2N4O. The predicted molar refractivity (Wildman–Crippen MR) is 75.6 cm³/mol. The molecule has 0 aliphatic carbocycles. The zero-order valence-electron chi connectivity index (χ0n) is 10.4. The highest BCUT2D eigenvalue weighted by Crippen LogP contribution is 2.31. The fourth-order valence-corrected chi connectivity index (χ4v) is 1.76.